The van der Waals surface area contributed by atoms with Gasteiger partial charge >= 0.3 is 0 Å². The van der Waals surface area contributed by atoms with Crippen molar-refractivity contribution in [3.8, 4) is 16.8 Å². The fraction of sp³-hybridized carbons (Fsp3) is 0.194. The fourth-order valence-electron chi connectivity index (χ4n) is 5.60. The summed E-state index contributed by atoms with van der Waals surface area (Å²) in [6, 6.07) is 20.0. The second-order valence-electron chi connectivity index (χ2n) is 9.95. The van der Waals surface area contributed by atoms with E-state index in [0.717, 1.165) is 51.1 Å². The van der Waals surface area contributed by atoms with E-state index in [1.807, 2.05) is 66.2 Å². The molecule has 0 spiro atoms. The van der Waals surface area contributed by atoms with Crippen LogP contribution in [-0.4, -0.2) is 24.5 Å². The SMILES string of the molecule is C[C@H](Nc1ncnc2scnc12)c1cc2cccc(-c3cnc4c(c3)CCCC4)c2c(=O)n1-c1ccccc1. The molecule has 0 saturated carbocycles. The van der Waals surface area contributed by atoms with Crippen LogP contribution in [0.1, 0.15) is 42.8 Å². The van der Waals surface area contributed by atoms with Gasteiger partial charge in [0, 0.05) is 28.8 Å². The van der Waals surface area contributed by atoms with Crippen molar-refractivity contribution in [2.75, 3.05) is 5.32 Å². The summed E-state index contributed by atoms with van der Waals surface area (Å²) in [7, 11) is 0. The predicted molar refractivity (Wildman–Crippen MR) is 157 cm³/mol. The third-order valence-electron chi connectivity index (χ3n) is 7.50. The molecule has 192 valence electrons. The number of thiazole rings is 1. The van der Waals surface area contributed by atoms with Crippen molar-refractivity contribution in [1.29, 1.82) is 0 Å². The van der Waals surface area contributed by atoms with Crippen molar-refractivity contribution in [3.05, 3.63) is 106 Å². The number of benzene rings is 2. The molecule has 4 aromatic heterocycles. The van der Waals surface area contributed by atoms with Crippen LogP contribution in [0.4, 0.5) is 5.82 Å². The molecular weight excluding hydrogens is 504 g/mol. The average Bonchev–Trinajstić information content (AvgIpc) is 3.47. The van der Waals surface area contributed by atoms with E-state index in [0.29, 0.717) is 11.2 Å². The highest BCUT2D eigenvalue weighted by Crippen LogP contribution is 2.32. The van der Waals surface area contributed by atoms with Gasteiger partial charge in [0.15, 0.2) is 5.82 Å². The number of anilines is 1. The van der Waals surface area contributed by atoms with Crippen molar-refractivity contribution >= 4 is 38.3 Å². The third-order valence-corrected chi connectivity index (χ3v) is 8.23. The van der Waals surface area contributed by atoms with Gasteiger partial charge < -0.3 is 5.32 Å². The normalized spacial score (nSPS) is 13.9. The number of aryl methyl sites for hydroxylation is 2. The minimum absolute atomic E-state index is 0.0582. The minimum atomic E-state index is -0.240. The molecule has 0 bridgehead atoms. The van der Waals surface area contributed by atoms with Crippen LogP contribution in [0.2, 0.25) is 0 Å². The number of nitrogens with one attached hydrogen (secondary N) is 1. The van der Waals surface area contributed by atoms with Crippen molar-refractivity contribution in [3.63, 3.8) is 0 Å². The van der Waals surface area contributed by atoms with Gasteiger partial charge in [-0.1, -0.05) is 36.4 Å². The van der Waals surface area contributed by atoms with Crippen molar-refractivity contribution < 1.29 is 0 Å². The second-order valence-corrected chi connectivity index (χ2v) is 10.8. The zero-order valence-electron chi connectivity index (χ0n) is 21.5. The molecule has 8 heteroatoms. The molecule has 1 aliphatic rings. The van der Waals surface area contributed by atoms with E-state index >= 15 is 0 Å². The summed E-state index contributed by atoms with van der Waals surface area (Å²) in [6.45, 7) is 2.04. The van der Waals surface area contributed by atoms with Crippen LogP contribution < -0.4 is 10.9 Å². The number of hydrogen-bond donors (Lipinski definition) is 1. The number of pyridine rings is 2. The van der Waals surface area contributed by atoms with Crippen LogP contribution in [0, 0.1) is 0 Å². The topological polar surface area (TPSA) is 85.6 Å². The minimum Gasteiger partial charge on any atom is -0.360 e. The predicted octanol–water partition coefficient (Wildman–Crippen LogP) is 6.50. The molecule has 39 heavy (non-hydrogen) atoms. The first-order valence-electron chi connectivity index (χ1n) is 13.2. The summed E-state index contributed by atoms with van der Waals surface area (Å²) in [6.07, 6.45) is 7.91. The molecule has 6 aromatic rings. The fourth-order valence-corrected chi connectivity index (χ4v) is 6.23. The molecule has 7 nitrogen and oxygen atoms in total. The first kappa shape index (κ1) is 23.7. The number of para-hydroxylation sites is 1. The maximum absolute atomic E-state index is 14.4. The van der Waals surface area contributed by atoms with E-state index < -0.39 is 0 Å². The number of aromatic nitrogens is 5. The first-order valence-corrected chi connectivity index (χ1v) is 14.1. The van der Waals surface area contributed by atoms with Gasteiger partial charge in [-0.2, -0.15) is 0 Å². The van der Waals surface area contributed by atoms with Gasteiger partial charge in [0.25, 0.3) is 5.56 Å². The molecule has 0 aliphatic heterocycles. The molecule has 7 rings (SSSR count). The largest absolute Gasteiger partial charge is 0.360 e. The first-order chi connectivity index (χ1) is 19.2. The van der Waals surface area contributed by atoms with E-state index in [1.165, 1.54) is 35.4 Å². The molecule has 0 radical (unpaired) electrons. The highest BCUT2D eigenvalue weighted by molar-refractivity contribution is 7.16. The molecule has 1 atom stereocenters. The summed E-state index contributed by atoms with van der Waals surface area (Å²) in [5, 5.41) is 5.08. The molecule has 0 saturated heterocycles. The Morgan fingerprint density at radius 3 is 2.72 bits per heavy atom. The Morgan fingerprint density at radius 2 is 1.82 bits per heavy atom. The van der Waals surface area contributed by atoms with Crippen molar-refractivity contribution in [2.24, 2.45) is 0 Å². The van der Waals surface area contributed by atoms with Gasteiger partial charge in [-0.15, -0.1) is 11.3 Å². The Kier molecular flexibility index (Phi) is 5.89. The monoisotopic (exact) mass is 530 g/mol. The highest BCUT2D eigenvalue weighted by atomic mass is 32.1. The lowest BCUT2D eigenvalue weighted by Gasteiger charge is -2.22. The van der Waals surface area contributed by atoms with Gasteiger partial charge in [0.1, 0.15) is 16.7 Å². The molecular formula is C31H26N6OS. The number of hydrogen-bond acceptors (Lipinski definition) is 7. The average molecular weight is 531 g/mol. The second kappa shape index (κ2) is 9.71. The maximum Gasteiger partial charge on any atom is 0.263 e. The molecule has 4 heterocycles. The number of nitrogens with zero attached hydrogens (tertiary/aromatic N) is 5. The molecule has 0 amide bonds. The molecule has 1 aliphatic carbocycles. The van der Waals surface area contributed by atoms with Crippen LogP contribution in [0.3, 0.4) is 0 Å². The van der Waals surface area contributed by atoms with E-state index in [4.69, 9.17) is 4.98 Å². The molecule has 0 fully saturated rings. The summed E-state index contributed by atoms with van der Waals surface area (Å²) in [5.41, 5.74) is 8.47. The van der Waals surface area contributed by atoms with E-state index in [1.54, 1.807) is 11.8 Å². The van der Waals surface area contributed by atoms with Gasteiger partial charge in [0.05, 0.1) is 16.9 Å². The lowest BCUT2D eigenvalue weighted by Crippen LogP contribution is -2.26. The van der Waals surface area contributed by atoms with Crippen LogP contribution in [0.5, 0.6) is 0 Å². The third kappa shape index (κ3) is 4.17. The summed E-state index contributed by atoms with van der Waals surface area (Å²) in [4.78, 5) is 33.3. The molecule has 0 unspecified atom stereocenters. The smallest absolute Gasteiger partial charge is 0.263 e. The molecule has 2 aromatic carbocycles. The Labute approximate surface area is 229 Å². The summed E-state index contributed by atoms with van der Waals surface area (Å²) < 4.78 is 1.81. The van der Waals surface area contributed by atoms with Gasteiger partial charge in [-0.25, -0.2) is 15.0 Å². The number of rotatable bonds is 5. The van der Waals surface area contributed by atoms with Gasteiger partial charge in [0.2, 0.25) is 0 Å². The highest BCUT2D eigenvalue weighted by Gasteiger charge is 2.21. The van der Waals surface area contributed by atoms with Crippen LogP contribution in [0.25, 0.3) is 37.9 Å². The van der Waals surface area contributed by atoms with Crippen LogP contribution >= 0.6 is 11.3 Å². The summed E-state index contributed by atoms with van der Waals surface area (Å²) in [5.74, 6) is 0.648. The lowest BCUT2D eigenvalue weighted by molar-refractivity contribution is 0.668. The lowest BCUT2D eigenvalue weighted by atomic mass is 9.92. The zero-order chi connectivity index (χ0) is 26.3. The van der Waals surface area contributed by atoms with Crippen molar-refractivity contribution in [2.45, 2.75) is 38.6 Å². The Balaban J connectivity index is 1.42. The van der Waals surface area contributed by atoms with Crippen molar-refractivity contribution in [1.82, 2.24) is 24.5 Å². The van der Waals surface area contributed by atoms with E-state index in [2.05, 4.69) is 32.4 Å². The van der Waals surface area contributed by atoms with Gasteiger partial charge in [-0.3, -0.25) is 14.3 Å². The summed E-state index contributed by atoms with van der Waals surface area (Å²) >= 11 is 1.47. The quantitative estimate of drug-likeness (QED) is 0.274. The Morgan fingerprint density at radius 1 is 0.949 bits per heavy atom. The Hall–Kier alpha value is -4.43. The standard InChI is InChI=1S/C31H26N6OS/c1-19(36-29-28-30(34-17-33-29)39-18-35-28)26-15-21-9-7-12-24(22-14-20-8-5-6-13-25(20)32-16-22)27(21)31(38)37(26)23-10-3-2-4-11-23/h2-4,7,9-12,14-19H,5-6,8,13H2,1H3,(H,33,34,36)/t19-/m0/s1. The zero-order valence-corrected chi connectivity index (χ0v) is 22.3. The van der Waals surface area contributed by atoms with E-state index in [9.17, 15) is 4.79 Å². The van der Waals surface area contributed by atoms with Gasteiger partial charge in [-0.05, 0) is 73.4 Å². The Bertz CT molecular complexity index is 1900. The van der Waals surface area contributed by atoms with Crippen LogP contribution in [-0.2, 0) is 12.8 Å². The van der Waals surface area contributed by atoms with E-state index in [-0.39, 0.29) is 11.6 Å². The molecule has 1 N–H and O–H groups in total. The maximum atomic E-state index is 14.4. The number of fused-ring (bicyclic) bond motifs is 3. The van der Waals surface area contributed by atoms with Crippen LogP contribution in [0.15, 0.2) is 83.5 Å².